The molecule has 0 spiro atoms. The highest BCUT2D eigenvalue weighted by atomic mass is 16.5. The molecule has 140 valence electrons. The van der Waals surface area contributed by atoms with Crippen molar-refractivity contribution in [2.24, 2.45) is 0 Å². The number of nitrogens with one attached hydrogen (secondary N) is 1. The van der Waals surface area contributed by atoms with E-state index in [2.05, 4.69) is 34.2 Å². The number of likely N-dealkylation sites (tertiary alicyclic amines) is 1. The Morgan fingerprint density at radius 3 is 2.89 bits per heavy atom. The summed E-state index contributed by atoms with van der Waals surface area (Å²) in [6.07, 6.45) is 2.31. The first-order chi connectivity index (χ1) is 13.7. The number of amides is 1. The summed E-state index contributed by atoms with van der Waals surface area (Å²) in [5.74, 6) is 1.15. The van der Waals surface area contributed by atoms with E-state index < -0.39 is 0 Å². The first-order valence-corrected chi connectivity index (χ1v) is 9.44. The number of aromatic nitrogens is 3. The molecule has 0 bridgehead atoms. The molecule has 2 atom stereocenters. The number of aromatic amines is 1. The average Bonchev–Trinajstić information content (AvgIpc) is 3.46. The van der Waals surface area contributed by atoms with Crippen LogP contribution < -0.4 is 0 Å². The van der Waals surface area contributed by atoms with E-state index >= 15 is 0 Å². The Labute approximate surface area is 162 Å². The first-order valence-electron chi connectivity index (χ1n) is 9.44. The molecular weight excluding hydrogens is 352 g/mol. The fourth-order valence-corrected chi connectivity index (χ4v) is 3.89. The highest BCUT2D eigenvalue weighted by Crippen LogP contribution is 2.33. The van der Waals surface area contributed by atoms with Crippen LogP contribution in [0.2, 0.25) is 0 Å². The van der Waals surface area contributed by atoms with E-state index in [0.717, 1.165) is 22.0 Å². The standard InChI is InChI=1S/C22H20N4O2/c1-14(15-5-3-2-4-6-15)26-13-18(12-20(26)27)21-24-22(28-25-21)17-8-7-16-9-10-23-19(16)11-17/h2-11,14,18,23H,12-13H2,1H3. The second kappa shape index (κ2) is 6.64. The summed E-state index contributed by atoms with van der Waals surface area (Å²) in [4.78, 5) is 22.3. The lowest BCUT2D eigenvalue weighted by Crippen LogP contribution is -2.28. The Morgan fingerprint density at radius 1 is 1.18 bits per heavy atom. The van der Waals surface area contributed by atoms with Crippen molar-refractivity contribution >= 4 is 16.8 Å². The Morgan fingerprint density at radius 2 is 2.04 bits per heavy atom. The number of nitrogens with zero attached hydrogens (tertiary/aromatic N) is 3. The Balaban J connectivity index is 1.37. The largest absolute Gasteiger partial charge is 0.361 e. The summed E-state index contributed by atoms with van der Waals surface area (Å²) in [6.45, 7) is 2.66. The van der Waals surface area contributed by atoms with Gasteiger partial charge in [-0.05, 0) is 36.1 Å². The molecule has 6 nitrogen and oxygen atoms in total. The highest BCUT2D eigenvalue weighted by Gasteiger charge is 2.36. The number of rotatable bonds is 4. The molecule has 0 saturated carbocycles. The lowest BCUT2D eigenvalue weighted by molar-refractivity contribution is -0.129. The minimum atomic E-state index is -0.0506. The zero-order valence-electron chi connectivity index (χ0n) is 15.5. The predicted molar refractivity (Wildman–Crippen MR) is 106 cm³/mol. The fraction of sp³-hybridized carbons (Fsp3) is 0.227. The molecule has 1 aliphatic rings. The van der Waals surface area contributed by atoms with Crippen LogP contribution in [0, 0.1) is 0 Å². The van der Waals surface area contributed by atoms with Gasteiger partial charge in [-0.15, -0.1) is 0 Å². The molecule has 1 amide bonds. The van der Waals surface area contributed by atoms with Crippen molar-refractivity contribution in [2.75, 3.05) is 6.54 Å². The second-order valence-electron chi connectivity index (χ2n) is 7.27. The maximum absolute atomic E-state index is 12.6. The lowest BCUT2D eigenvalue weighted by atomic mass is 10.1. The minimum Gasteiger partial charge on any atom is -0.361 e. The van der Waals surface area contributed by atoms with Crippen molar-refractivity contribution in [2.45, 2.75) is 25.3 Å². The normalized spacial score (nSPS) is 18.1. The highest BCUT2D eigenvalue weighted by molar-refractivity contribution is 5.83. The van der Waals surface area contributed by atoms with Gasteiger partial charge in [0.15, 0.2) is 5.82 Å². The predicted octanol–water partition coefficient (Wildman–Crippen LogP) is 4.30. The molecule has 1 aliphatic heterocycles. The third-order valence-electron chi connectivity index (χ3n) is 5.52. The van der Waals surface area contributed by atoms with Crippen molar-refractivity contribution in [3.63, 3.8) is 0 Å². The summed E-state index contributed by atoms with van der Waals surface area (Å²) in [5.41, 5.74) is 3.02. The monoisotopic (exact) mass is 372 g/mol. The lowest BCUT2D eigenvalue weighted by Gasteiger charge is -2.25. The third-order valence-corrected chi connectivity index (χ3v) is 5.52. The van der Waals surface area contributed by atoms with Crippen molar-refractivity contribution in [1.82, 2.24) is 20.0 Å². The van der Waals surface area contributed by atoms with Crippen LogP contribution in [-0.4, -0.2) is 32.5 Å². The van der Waals surface area contributed by atoms with Gasteiger partial charge >= 0.3 is 0 Å². The topological polar surface area (TPSA) is 75.0 Å². The minimum absolute atomic E-state index is 0.0281. The molecule has 1 saturated heterocycles. The molecule has 5 rings (SSSR count). The van der Waals surface area contributed by atoms with Crippen LogP contribution in [0.5, 0.6) is 0 Å². The summed E-state index contributed by atoms with van der Waals surface area (Å²) in [5, 5.41) is 5.30. The van der Waals surface area contributed by atoms with Crippen LogP contribution in [0.3, 0.4) is 0 Å². The van der Waals surface area contributed by atoms with Crippen LogP contribution in [0.1, 0.15) is 36.7 Å². The van der Waals surface area contributed by atoms with Gasteiger partial charge in [0.1, 0.15) is 0 Å². The van der Waals surface area contributed by atoms with Gasteiger partial charge in [0.2, 0.25) is 5.91 Å². The van der Waals surface area contributed by atoms with E-state index in [1.54, 1.807) is 0 Å². The van der Waals surface area contributed by atoms with Crippen molar-refractivity contribution in [3.8, 4) is 11.5 Å². The van der Waals surface area contributed by atoms with Gasteiger partial charge in [-0.25, -0.2) is 0 Å². The van der Waals surface area contributed by atoms with E-state index in [1.807, 2.05) is 53.6 Å². The van der Waals surface area contributed by atoms with Gasteiger partial charge in [-0.1, -0.05) is 41.6 Å². The number of hydrogen-bond acceptors (Lipinski definition) is 4. The molecular formula is C22H20N4O2. The first kappa shape index (κ1) is 16.7. The van der Waals surface area contributed by atoms with Gasteiger partial charge in [0, 0.05) is 36.2 Å². The van der Waals surface area contributed by atoms with Crippen molar-refractivity contribution in [3.05, 3.63) is 72.2 Å². The molecule has 3 heterocycles. The van der Waals surface area contributed by atoms with Gasteiger partial charge < -0.3 is 14.4 Å². The summed E-state index contributed by atoms with van der Waals surface area (Å²) < 4.78 is 5.50. The molecule has 2 aromatic carbocycles. The summed E-state index contributed by atoms with van der Waals surface area (Å²) >= 11 is 0. The zero-order valence-corrected chi connectivity index (χ0v) is 15.5. The number of hydrogen-bond donors (Lipinski definition) is 1. The number of benzene rings is 2. The Kier molecular flexibility index (Phi) is 3.97. The number of carbonyl (C=O) groups is 1. The maximum atomic E-state index is 12.6. The summed E-state index contributed by atoms with van der Waals surface area (Å²) in [6, 6.07) is 18.1. The smallest absolute Gasteiger partial charge is 0.258 e. The van der Waals surface area contributed by atoms with E-state index in [-0.39, 0.29) is 17.9 Å². The van der Waals surface area contributed by atoms with Crippen molar-refractivity contribution < 1.29 is 9.32 Å². The molecule has 6 heteroatoms. The quantitative estimate of drug-likeness (QED) is 0.580. The summed E-state index contributed by atoms with van der Waals surface area (Å²) in [7, 11) is 0. The number of fused-ring (bicyclic) bond motifs is 1. The fourth-order valence-electron chi connectivity index (χ4n) is 3.89. The average molecular weight is 372 g/mol. The van der Waals surface area contributed by atoms with Gasteiger partial charge in [-0.2, -0.15) is 4.98 Å². The van der Waals surface area contributed by atoms with Crippen LogP contribution >= 0.6 is 0 Å². The molecule has 1 fully saturated rings. The molecule has 0 radical (unpaired) electrons. The Hall–Kier alpha value is -3.41. The van der Waals surface area contributed by atoms with Crippen LogP contribution in [0.15, 0.2) is 65.3 Å². The van der Waals surface area contributed by atoms with Gasteiger partial charge in [0.25, 0.3) is 5.89 Å². The zero-order chi connectivity index (χ0) is 19.1. The molecule has 2 unspecified atom stereocenters. The second-order valence-corrected chi connectivity index (χ2v) is 7.27. The van der Waals surface area contributed by atoms with Crippen LogP contribution in [0.25, 0.3) is 22.4 Å². The van der Waals surface area contributed by atoms with Crippen LogP contribution in [-0.2, 0) is 4.79 Å². The van der Waals surface area contributed by atoms with Gasteiger partial charge in [-0.3, -0.25) is 4.79 Å². The van der Waals surface area contributed by atoms with Crippen molar-refractivity contribution in [1.29, 1.82) is 0 Å². The number of H-pyrrole nitrogens is 1. The van der Waals surface area contributed by atoms with E-state index in [4.69, 9.17) is 4.52 Å². The molecule has 2 aromatic heterocycles. The molecule has 0 aliphatic carbocycles. The van der Waals surface area contributed by atoms with E-state index in [1.165, 1.54) is 0 Å². The van der Waals surface area contributed by atoms with Gasteiger partial charge in [0.05, 0.1) is 6.04 Å². The number of carbonyl (C=O) groups excluding carboxylic acids is 1. The molecule has 4 aromatic rings. The van der Waals surface area contributed by atoms with E-state index in [9.17, 15) is 4.79 Å². The SMILES string of the molecule is CC(c1ccccc1)N1CC(c2noc(-c3ccc4cc[nH]c4c3)n2)CC1=O. The third kappa shape index (κ3) is 2.87. The molecule has 28 heavy (non-hydrogen) atoms. The van der Waals surface area contributed by atoms with Crippen LogP contribution in [0.4, 0.5) is 0 Å². The maximum Gasteiger partial charge on any atom is 0.258 e. The molecule has 1 N–H and O–H groups in total. The Bertz CT molecular complexity index is 1130. The van der Waals surface area contributed by atoms with E-state index in [0.29, 0.717) is 24.7 Å².